The van der Waals surface area contributed by atoms with Gasteiger partial charge in [-0.3, -0.25) is 0 Å². The summed E-state index contributed by atoms with van der Waals surface area (Å²) in [5.41, 5.74) is 0.698. The molecule has 2 aromatic rings. The maximum Gasteiger partial charge on any atom is 0.169 e. The maximum absolute atomic E-state index is 13.7. The molecular weight excluding hydrogens is 309 g/mol. The number of rotatable bonds is 6. The highest BCUT2D eigenvalue weighted by Gasteiger charge is 2.17. The number of furan rings is 1. The van der Waals surface area contributed by atoms with Crippen LogP contribution in [0.4, 0.5) is 4.39 Å². The van der Waals surface area contributed by atoms with Crippen molar-refractivity contribution in [2.75, 3.05) is 6.54 Å². The smallest absolute Gasteiger partial charge is 0.169 e. The Morgan fingerprint density at radius 3 is 2.68 bits per heavy atom. The van der Waals surface area contributed by atoms with Crippen molar-refractivity contribution in [2.45, 2.75) is 25.8 Å². The number of halogens is 2. The molecule has 1 aromatic carbocycles. The number of benzene rings is 1. The molecule has 0 amide bonds. The Hall–Kier alpha value is -1.13. The van der Waals surface area contributed by atoms with Gasteiger partial charge in [0, 0.05) is 0 Å². The largest absolute Gasteiger partial charge is 0.453 e. The third kappa shape index (κ3) is 3.91. The molecule has 1 heterocycles. The summed E-state index contributed by atoms with van der Waals surface area (Å²) in [4.78, 5) is 0. The normalized spacial score (nSPS) is 12.6. The van der Waals surface area contributed by atoms with E-state index in [-0.39, 0.29) is 11.9 Å². The fourth-order valence-electron chi connectivity index (χ4n) is 1.99. The second-order valence-corrected chi connectivity index (χ2v) is 5.23. The van der Waals surface area contributed by atoms with E-state index in [1.165, 1.54) is 6.07 Å². The summed E-state index contributed by atoms with van der Waals surface area (Å²) >= 11 is 3.30. The molecule has 0 saturated heterocycles. The van der Waals surface area contributed by atoms with Crippen molar-refractivity contribution in [3.63, 3.8) is 0 Å². The molecule has 0 fully saturated rings. The molecule has 0 spiro atoms. The first-order valence-corrected chi connectivity index (χ1v) is 7.22. The standard InChI is InChI=1S/C15H17BrFNO/c1-2-9-18-13(14-7-8-15(16)19-14)10-11-5-3-4-6-12(11)17/h3-8,13,18H,2,9-10H2,1H3. The molecule has 1 N–H and O–H groups in total. The first-order valence-electron chi connectivity index (χ1n) is 6.42. The number of hydrogen-bond donors (Lipinski definition) is 1. The van der Waals surface area contributed by atoms with E-state index in [2.05, 4.69) is 28.2 Å². The topological polar surface area (TPSA) is 25.2 Å². The zero-order chi connectivity index (χ0) is 13.7. The predicted molar refractivity (Wildman–Crippen MR) is 77.5 cm³/mol. The van der Waals surface area contributed by atoms with Gasteiger partial charge in [-0.1, -0.05) is 25.1 Å². The average Bonchev–Trinajstić information content (AvgIpc) is 2.83. The Labute approximate surface area is 121 Å². The summed E-state index contributed by atoms with van der Waals surface area (Å²) in [5.74, 6) is 0.653. The fraction of sp³-hybridized carbons (Fsp3) is 0.333. The summed E-state index contributed by atoms with van der Waals surface area (Å²) < 4.78 is 20.0. The Bertz CT molecular complexity index is 526. The first kappa shape index (κ1) is 14.3. The van der Waals surface area contributed by atoms with Crippen molar-refractivity contribution in [1.29, 1.82) is 0 Å². The molecular formula is C15H17BrFNO. The quantitative estimate of drug-likeness (QED) is 0.847. The molecule has 0 aliphatic rings. The molecule has 102 valence electrons. The SMILES string of the molecule is CCCNC(Cc1ccccc1F)c1ccc(Br)o1. The van der Waals surface area contributed by atoms with Gasteiger partial charge >= 0.3 is 0 Å². The summed E-state index contributed by atoms with van der Waals surface area (Å²) in [6.45, 7) is 2.97. The Balaban J connectivity index is 2.16. The third-order valence-electron chi connectivity index (χ3n) is 2.96. The number of nitrogens with one attached hydrogen (secondary N) is 1. The summed E-state index contributed by atoms with van der Waals surface area (Å²) in [5, 5.41) is 3.39. The molecule has 0 saturated carbocycles. The van der Waals surface area contributed by atoms with Crippen molar-refractivity contribution >= 4 is 15.9 Å². The van der Waals surface area contributed by atoms with Crippen LogP contribution in [0.1, 0.15) is 30.7 Å². The zero-order valence-corrected chi connectivity index (χ0v) is 12.4. The average molecular weight is 326 g/mol. The van der Waals surface area contributed by atoms with Gasteiger partial charge in [0.05, 0.1) is 6.04 Å². The van der Waals surface area contributed by atoms with Gasteiger partial charge in [-0.05, 0) is 59.1 Å². The van der Waals surface area contributed by atoms with Crippen LogP contribution in [-0.2, 0) is 6.42 Å². The van der Waals surface area contributed by atoms with Gasteiger partial charge in [0.25, 0.3) is 0 Å². The molecule has 0 radical (unpaired) electrons. The molecule has 1 atom stereocenters. The van der Waals surface area contributed by atoms with Gasteiger partial charge in [0.2, 0.25) is 0 Å². The minimum absolute atomic E-state index is 0.0110. The van der Waals surface area contributed by atoms with Crippen LogP contribution in [-0.4, -0.2) is 6.54 Å². The van der Waals surface area contributed by atoms with Crippen molar-refractivity contribution in [2.24, 2.45) is 0 Å². The van der Waals surface area contributed by atoms with Crippen molar-refractivity contribution in [3.8, 4) is 0 Å². The second kappa shape index (κ2) is 6.87. The van der Waals surface area contributed by atoms with E-state index in [9.17, 15) is 4.39 Å². The lowest BCUT2D eigenvalue weighted by Crippen LogP contribution is -2.24. The highest BCUT2D eigenvalue weighted by Crippen LogP contribution is 2.24. The summed E-state index contributed by atoms with van der Waals surface area (Å²) in [7, 11) is 0. The highest BCUT2D eigenvalue weighted by molar-refractivity contribution is 9.10. The Morgan fingerprint density at radius 1 is 1.26 bits per heavy atom. The van der Waals surface area contributed by atoms with Crippen LogP contribution >= 0.6 is 15.9 Å². The molecule has 4 heteroatoms. The second-order valence-electron chi connectivity index (χ2n) is 4.44. The zero-order valence-electron chi connectivity index (χ0n) is 10.8. The molecule has 0 aliphatic heterocycles. The van der Waals surface area contributed by atoms with Gasteiger partial charge in [0.1, 0.15) is 11.6 Å². The molecule has 2 rings (SSSR count). The van der Waals surface area contributed by atoms with Gasteiger partial charge in [0.15, 0.2) is 4.67 Å². The lowest BCUT2D eigenvalue weighted by Gasteiger charge is -2.16. The minimum atomic E-state index is -0.170. The first-order chi connectivity index (χ1) is 9.20. The fourth-order valence-corrected chi connectivity index (χ4v) is 2.31. The van der Waals surface area contributed by atoms with Crippen LogP contribution in [0.3, 0.4) is 0 Å². The molecule has 1 unspecified atom stereocenters. The molecule has 2 nitrogen and oxygen atoms in total. The summed E-state index contributed by atoms with van der Waals surface area (Å²) in [6.07, 6.45) is 1.60. The Kier molecular flexibility index (Phi) is 5.16. The summed E-state index contributed by atoms with van der Waals surface area (Å²) in [6, 6.07) is 10.6. The van der Waals surface area contributed by atoms with Crippen molar-refractivity contribution in [1.82, 2.24) is 5.32 Å². The molecule has 1 aromatic heterocycles. The van der Waals surface area contributed by atoms with E-state index < -0.39 is 0 Å². The monoisotopic (exact) mass is 325 g/mol. The van der Waals surface area contributed by atoms with E-state index in [0.717, 1.165) is 18.7 Å². The van der Waals surface area contributed by atoms with Crippen LogP contribution in [0, 0.1) is 5.82 Å². The van der Waals surface area contributed by atoms with Gasteiger partial charge < -0.3 is 9.73 Å². The van der Waals surface area contributed by atoms with E-state index in [0.29, 0.717) is 16.7 Å². The molecule has 0 bridgehead atoms. The van der Waals surface area contributed by atoms with Crippen molar-refractivity contribution < 1.29 is 8.81 Å². The maximum atomic E-state index is 13.7. The highest BCUT2D eigenvalue weighted by atomic mass is 79.9. The van der Waals surface area contributed by atoms with Crippen LogP contribution < -0.4 is 5.32 Å². The van der Waals surface area contributed by atoms with Crippen LogP contribution in [0.5, 0.6) is 0 Å². The van der Waals surface area contributed by atoms with Crippen LogP contribution in [0.25, 0.3) is 0 Å². The molecule has 0 aliphatic carbocycles. The van der Waals surface area contributed by atoms with E-state index in [1.54, 1.807) is 6.07 Å². The third-order valence-corrected chi connectivity index (χ3v) is 3.39. The van der Waals surface area contributed by atoms with E-state index in [1.807, 2.05) is 24.3 Å². The van der Waals surface area contributed by atoms with Crippen molar-refractivity contribution in [3.05, 3.63) is 58.2 Å². The molecule has 19 heavy (non-hydrogen) atoms. The van der Waals surface area contributed by atoms with Crippen LogP contribution in [0.15, 0.2) is 45.5 Å². The van der Waals surface area contributed by atoms with E-state index in [4.69, 9.17) is 4.42 Å². The number of hydrogen-bond acceptors (Lipinski definition) is 2. The van der Waals surface area contributed by atoms with Gasteiger partial charge in [-0.25, -0.2) is 4.39 Å². The lowest BCUT2D eigenvalue weighted by atomic mass is 10.0. The van der Waals surface area contributed by atoms with Gasteiger partial charge in [-0.2, -0.15) is 0 Å². The van der Waals surface area contributed by atoms with Crippen LogP contribution in [0.2, 0.25) is 0 Å². The minimum Gasteiger partial charge on any atom is -0.453 e. The Morgan fingerprint density at radius 2 is 2.05 bits per heavy atom. The lowest BCUT2D eigenvalue weighted by molar-refractivity contribution is 0.397. The van der Waals surface area contributed by atoms with E-state index >= 15 is 0 Å². The van der Waals surface area contributed by atoms with Gasteiger partial charge in [-0.15, -0.1) is 0 Å². The predicted octanol–water partition coefficient (Wildman–Crippen LogP) is 4.46.